The third-order valence-corrected chi connectivity index (χ3v) is 10.6. The second-order valence-corrected chi connectivity index (χ2v) is 14.1. The van der Waals surface area contributed by atoms with E-state index in [1.807, 2.05) is 78.9 Å². The summed E-state index contributed by atoms with van der Waals surface area (Å²) in [6, 6.07) is 58.4. The maximum Gasteiger partial charge on any atom is 0.167 e. The van der Waals surface area contributed by atoms with Crippen LogP contribution in [0.3, 0.4) is 0 Å². The van der Waals surface area contributed by atoms with Crippen molar-refractivity contribution in [3.05, 3.63) is 206 Å². The molecule has 0 amide bonds. The number of para-hydroxylation sites is 5. The lowest BCUT2D eigenvalue weighted by Crippen LogP contribution is -2.00. The summed E-state index contributed by atoms with van der Waals surface area (Å²) >= 11 is 0. The largest absolute Gasteiger partial charge is 0.455 e. The van der Waals surface area contributed by atoms with Gasteiger partial charge in [-0.15, -0.1) is 0 Å². The van der Waals surface area contributed by atoms with Crippen molar-refractivity contribution >= 4 is 54.9 Å². The number of allylic oxidation sites excluding steroid dienone is 5. The summed E-state index contributed by atoms with van der Waals surface area (Å²) in [5.41, 5.74) is 11.8. The van der Waals surface area contributed by atoms with E-state index in [-0.39, 0.29) is 0 Å². The Labute approximate surface area is 330 Å². The Morgan fingerprint density at radius 3 is 1.75 bits per heavy atom. The molecule has 0 fully saturated rings. The number of nitrogens with zero attached hydrogens (tertiary/aromatic N) is 4. The first-order chi connectivity index (χ1) is 28.2. The second kappa shape index (κ2) is 14.2. The molecule has 0 atom stereocenters. The minimum atomic E-state index is 0.555. The molecule has 0 spiro atoms. The molecule has 0 aliphatic carbocycles. The van der Waals surface area contributed by atoms with Gasteiger partial charge in [-0.1, -0.05) is 170 Å². The quantitative estimate of drug-likeness (QED) is 0.146. The smallest absolute Gasteiger partial charge is 0.167 e. The summed E-state index contributed by atoms with van der Waals surface area (Å²) in [6.07, 6.45) is 6.21. The number of fused-ring (bicyclic) bond motifs is 6. The van der Waals surface area contributed by atoms with Crippen LogP contribution in [0.2, 0.25) is 0 Å². The summed E-state index contributed by atoms with van der Waals surface area (Å²) in [4.78, 5) is 15.0. The molecule has 57 heavy (non-hydrogen) atoms. The van der Waals surface area contributed by atoms with Crippen LogP contribution in [0.4, 0.5) is 0 Å². The monoisotopic (exact) mass is 732 g/mol. The fourth-order valence-electron chi connectivity index (χ4n) is 7.99. The van der Waals surface area contributed by atoms with Gasteiger partial charge in [-0.05, 0) is 42.3 Å². The van der Waals surface area contributed by atoms with Crippen molar-refractivity contribution in [2.75, 3.05) is 0 Å². The van der Waals surface area contributed by atoms with Gasteiger partial charge in [-0.3, -0.25) is 0 Å². The van der Waals surface area contributed by atoms with E-state index in [0.717, 1.165) is 77.6 Å². The Bertz CT molecular complexity index is 3130. The highest BCUT2D eigenvalue weighted by Gasteiger charge is 2.21. The predicted molar refractivity (Wildman–Crippen MR) is 236 cm³/mol. The number of rotatable bonds is 8. The van der Waals surface area contributed by atoms with Gasteiger partial charge in [-0.2, -0.15) is 0 Å². The molecule has 5 nitrogen and oxygen atoms in total. The topological polar surface area (TPSA) is 56.7 Å². The van der Waals surface area contributed by atoms with Crippen LogP contribution in [-0.2, 0) is 0 Å². The number of hydrogen-bond acceptors (Lipinski definition) is 4. The van der Waals surface area contributed by atoms with Crippen LogP contribution in [0.25, 0.3) is 94.7 Å². The Balaban J connectivity index is 1.14. The fraction of sp³-hybridized carbons (Fsp3) is 0.0192. The van der Waals surface area contributed by atoms with Crippen LogP contribution >= 0.6 is 0 Å². The van der Waals surface area contributed by atoms with Gasteiger partial charge in [0.15, 0.2) is 17.5 Å². The van der Waals surface area contributed by atoms with Gasteiger partial charge in [0.1, 0.15) is 11.2 Å². The van der Waals surface area contributed by atoms with Crippen molar-refractivity contribution in [3.8, 4) is 39.9 Å². The normalized spacial score (nSPS) is 12.2. The van der Waals surface area contributed by atoms with Crippen molar-refractivity contribution in [2.24, 2.45) is 0 Å². The lowest BCUT2D eigenvalue weighted by Gasteiger charge is -2.13. The van der Waals surface area contributed by atoms with E-state index >= 15 is 0 Å². The molecule has 3 aromatic heterocycles. The van der Waals surface area contributed by atoms with E-state index in [2.05, 4.69) is 127 Å². The molecular formula is C52H36N4O. The standard InChI is InChI=1S/C52H36N4O/c1-3-18-37(40-27-16-28-42-41-25-13-14-32-46(41)56(47(40)42)38-23-11-6-12-24-38)33-34(2)39-26-15-29-43-44-30-17-31-45(49(44)57-48(39)43)52-54-50(35-19-7-4-8-20-35)53-51(55-52)36-21-9-5-10-22-36/h3-33H,1H2,2H3/b34-33+,37-18+. The summed E-state index contributed by atoms with van der Waals surface area (Å²) in [6.45, 7) is 6.28. The molecule has 10 rings (SSSR count). The minimum Gasteiger partial charge on any atom is -0.455 e. The summed E-state index contributed by atoms with van der Waals surface area (Å²) in [5.74, 6) is 1.77. The first-order valence-corrected chi connectivity index (χ1v) is 19.1. The van der Waals surface area contributed by atoms with Gasteiger partial charge in [0.2, 0.25) is 0 Å². The molecule has 5 heteroatoms. The zero-order chi connectivity index (χ0) is 38.3. The van der Waals surface area contributed by atoms with Crippen molar-refractivity contribution in [2.45, 2.75) is 6.92 Å². The van der Waals surface area contributed by atoms with E-state index in [1.165, 1.54) is 10.8 Å². The molecule has 0 N–H and O–H groups in total. The Kier molecular flexibility index (Phi) is 8.46. The van der Waals surface area contributed by atoms with E-state index in [9.17, 15) is 0 Å². The van der Waals surface area contributed by atoms with Crippen LogP contribution in [-0.4, -0.2) is 19.5 Å². The first-order valence-electron chi connectivity index (χ1n) is 19.1. The molecule has 0 radical (unpaired) electrons. The fourth-order valence-corrected chi connectivity index (χ4v) is 7.99. The van der Waals surface area contributed by atoms with Gasteiger partial charge in [0, 0.05) is 49.5 Å². The molecule has 0 saturated heterocycles. The van der Waals surface area contributed by atoms with Crippen LogP contribution < -0.4 is 0 Å². The molecular weight excluding hydrogens is 697 g/mol. The van der Waals surface area contributed by atoms with Crippen molar-refractivity contribution in [1.29, 1.82) is 0 Å². The molecule has 0 aliphatic heterocycles. The van der Waals surface area contributed by atoms with Crippen LogP contribution in [0, 0.1) is 0 Å². The van der Waals surface area contributed by atoms with Gasteiger partial charge < -0.3 is 8.98 Å². The Hall–Kier alpha value is -7.63. The minimum absolute atomic E-state index is 0.555. The average molecular weight is 733 g/mol. The summed E-state index contributed by atoms with van der Waals surface area (Å²) in [7, 11) is 0. The van der Waals surface area contributed by atoms with Gasteiger partial charge in [0.25, 0.3) is 0 Å². The number of hydrogen-bond donors (Lipinski definition) is 0. The molecule has 3 heterocycles. The van der Waals surface area contributed by atoms with Crippen LogP contribution in [0.5, 0.6) is 0 Å². The van der Waals surface area contributed by atoms with E-state index in [1.54, 1.807) is 0 Å². The summed E-state index contributed by atoms with van der Waals surface area (Å²) < 4.78 is 9.30. The summed E-state index contributed by atoms with van der Waals surface area (Å²) in [5, 5.41) is 4.44. The van der Waals surface area contributed by atoms with E-state index < -0.39 is 0 Å². The third kappa shape index (κ3) is 5.94. The lowest BCUT2D eigenvalue weighted by atomic mass is 9.96. The van der Waals surface area contributed by atoms with Gasteiger partial charge >= 0.3 is 0 Å². The number of benzene rings is 7. The molecule has 10 aromatic rings. The second-order valence-electron chi connectivity index (χ2n) is 14.1. The average Bonchev–Trinajstić information content (AvgIpc) is 3.83. The number of aromatic nitrogens is 4. The molecule has 0 bridgehead atoms. The van der Waals surface area contributed by atoms with E-state index in [4.69, 9.17) is 19.4 Å². The predicted octanol–water partition coefficient (Wildman–Crippen LogP) is 13.5. The maximum absolute atomic E-state index is 6.93. The third-order valence-electron chi connectivity index (χ3n) is 10.6. The molecule has 7 aromatic carbocycles. The maximum atomic E-state index is 6.93. The van der Waals surface area contributed by atoms with Crippen molar-refractivity contribution in [3.63, 3.8) is 0 Å². The highest BCUT2D eigenvalue weighted by atomic mass is 16.3. The van der Waals surface area contributed by atoms with Gasteiger partial charge in [0.05, 0.1) is 16.6 Å². The van der Waals surface area contributed by atoms with E-state index in [0.29, 0.717) is 17.5 Å². The SMILES string of the molecule is C=C/C=C(\C=C(/C)c1cccc2c1oc1c(-c3nc(-c4ccccc4)nc(-c4ccccc4)n3)cccc12)c1cccc2c3ccccc3n(-c3ccccc3)c12. The van der Waals surface area contributed by atoms with Crippen LogP contribution in [0.1, 0.15) is 18.1 Å². The molecule has 0 saturated carbocycles. The highest BCUT2D eigenvalue weighted by molar-refractivity contribution is 6.14. The first kappa shape index (κ1) is 33.9. The van der Waals surface area contributed by atoms with Gasteiger partial charge in [-0.25, -0.2) is 15.0 Å². The zero-order valence-corrected chi connectivity index (χ0v) is 31.3. The molecule has 0 aliphatic rings. The zero-order valence-electron chi connectivity index (χ0n) is 31.3. The highest BCUT2D eigenvalue weighted by Crippen LogP contribution is 2.41. The number of furan rings is 1. The Morgan fingerprint density at radius 2 is 1.07 bits per heavy atom. The van der Waals surface area contributed by atoms with Crippen LogP contribution in [0.15, 0.2) is 199 Å². The Morgan fingerprint density at radius 1 is 0.526 bits per heavy atom. The molecule has 0 unspecified atom stereocenters. The lowest BCUT2D eigenvalue weighted by molar-refractivity contribution is 0.668. The molecule has 270 valence electrons. The van der Waals surface area contributed by atoms with Crippen molar-refractivity contribution in [1.82, 2.24) is 19.5 Å². The van der Waals surface area contributed by atoms with Crippen molar-refractivity contribution < 1.29 is 4.42 Å².